The molecule has 1 amide bonds. The van der Waals surface area contributed by atoms with E-state index in [-0.39, 0.29) is 5.91 Å². The molecule has 1 N–H and O–H groups in total. The van der Waals surface area contributed by atoms with E-state index in [0.717, 1.165) is 79.5 Å². The summed E-state index contributed by atoms with van der Waals surface area (Å²) in [6.07, 6.45) is 2.01. The van der Waals surface area contributed by atoms with E-state index >= 15 is 0 Å². The number of anilines is 1. The Morgan fingerprint density at radius 1 is 1.10 bits per heavy atom. The zero-order valence-electron chi connectivity index (χ0n) is 18.0. The van der Waals surface area contributed by atoms with Crippen molar-refractivity contribution < 1.29 is 4.79 Å². The maximum atomic E-state index is 13.0. The van der Waals surface area contributed by atoms with Gasteiger partial charge < -0.3 is 15.1 Å². The highest BCUT2D eigenvalue weighted by Gasteiger charge is 2.41. The summed E-state index contributed by atoms with van der Waals surface area (Å²) < 4.78 is 0. The number of aryl methyl sites for hydroxylation is 2. The minimum Gasteiger partial charge on any atom is -0.385 e. The fourth-order valence-electron chi connectivity index (χ4n) is 4.88. The molecule has 0 saturated carbocycles. The molecule has 2 aromatic rings. The lowest BCUT2D eigenvalue weighted by molar-refractivity contribution is 0.0773. The predicted molar refractivity (Wildman–Crippen MR) is 124 cm³/mol. The van der Waals surface area contributed by atoms with Crippen molar-refractivity contribution in [3.63, 3.8) is 0 Å². The van der Waals surface area contributed by atoms with Gasteiger partial charge in [-0.05, 0) is 67.5 Å². The van der Waals surface area contributed by atoms with Crippen LogP contribution in [0.3, 0.4) is 0 Å². The van der Waals surface area contributed by atoms with Crippen LogP contribution in [0.2, 0.25) is 5.02 Å². The highest BCUT2D eigenvalue weighted by atomic mass is 35.5. The van der Waals surface area contributed by atoms with E-state index in [0.29, 0.717) is 11.8 Å². The third-order valence-corrected chi connectivity index (χ3v) is 7.04. The molecule has 2 heterocycles. The lowest BCUT2D eigenvalue weighted by atomic mass is 10.0. The van der Waals surface area contributed by atoms with Crippen LogP contribution >= 0.6 is 11.6 Å². The Labute approximate surface area is 185 Å². The summed E-state index contributed by atoms with van der Waals surface area (Å²) in [5, 5.41) is 4.29. The van der Waals surface area contributed by atoms with Crippen LogP contribution in [0, 0.1) is 18.8 Å². The molecule has 5 heteroatoms. The Kier molecular flexibility index (Phi) is 6.64. The molecule has 2 saturated heterocycles. The predicted octanol–water partition coefficient (Wildman–Crippen LogP) is 4.72. The van der Waals surface area contributed by atoms with E-state index in [4.69, 9.17) is 11.6 Å². The molecule has 4 nitrogen and oxygen atoms in total. The fraction of sp³-hybridized carbons (Fsp3) is 0.480. The summed E-state index contributed by atoms with van der Waals surface area (Å²) in [7, 11) is 0. The molecule has 30 heavy (non-hydrogen) atoms. The van der Waals surface area contributed by atoms with Crippen molar-refractivity contribution in [2.45, 2.75) is 26.7 Å². The number of hydrogen-bond donors (Lipinski definition) is 1. The molecule has 2 atom stereocenters. The first-order chi connectivity index (χ1) is 14.5. The van der Waals surface area contributed by atoms with Gasteiger partial charge in [0.15, 0.2) is 0 Å². The first-order valence-electron chi connectivity index (χ1n) is 11.1. The third kappa shape index (κ3) is 4.65. The standard InChI is InChI=1S/C25H32ClN3O/c1-3-19-7-4-5-8-23(19)25(30)29-16-20-14-28(15-21(20)17-29)12-6-11-27-22-10-9-18(2)24(26)13-22/h4-5,7-10,13,20-21,27H,3,6,11-12,14-17H2,1-2H3. The molecule has 0 bridgehead atoms. The number of carbonyl (C=O) groups excluding carboxylic acids is 1. The van der Waals surface area contributed by atoms with Gasteiger partial charge in [-0.15, -0.1) is 0 Å². The molecule has 2 aliphatic heterocycles. The minimum atomic E-state index is 0.217. The molecule has 0 radical (unpaired) electrons. The summed E-state index contributed by atoms with van der Waals surface area (Å²) in [4.78, 5) is 17.7. The van der Waals surface area contributed by atoms with Gasteiger partial charge >= 0.3 is 0 Å². The number of amides is 1. The number of fused-ring (bicyclic) bond motifs is 1. The van der Waals surface area contributed by atoms with Crippen LogP contribution in [0.1, 0.15) is 34.8 Å². The van der Waals surface area contributed by atoms with E-state index in [1.165, 1.54) is 0 Å². The Balaban J connectivity index is 1.22. The fourth-order valence-corrected chi connectivity index (χ4v) is 5.07. The van der Waals surface area contributed by atoms with Crippen LogP contribution in [0.5, 0.6) is 0 Å². The number of hydrogen-bond acceptors (Lipinski definition) is 3. The Morgan fingerprint density at radius 3 is 2.53 bits per heavy atom. The minimum absolute atomic E-state index is 0.217. The molecule has 4 rings (SSSR count). The number of nitrogens with one attached hydrogen (secondary N) is 1. The average molecular weight is 426 g/mol. The van der Waals surface area contributed by atoms with Crippen LogP contribution in [0.15, 0.2) is 42.5 Å². The van der Waals surface area contributed by atoms with Crippen molar-refractivity contribution in [1.29, 1.82) is 0 Å². The lowest BCUT2D eigenvalue weighted by Gasteiger charge is -2.22. The normalized spacial score (nSPS) is 21.1. The first-order valence-corrected chi connectivity index (χ1v) is 11.5. The molecule has 2 fully saturated rings. The zero-order valence-corrected chi connectivity index (χ0v) is 18.8. The van der Waals surface area contributed by atoms with Crippen LogP contribution < -0.4 is 5.32 Å². The van der Waals surface area contributed by atoms with E-state index in [1.54, 1.807) is 0 Å². The molecule has 160 valence electrons. The summed E-state index contributed by atoms with van der Waals surface area (Å²) in [6.45, 7) is 10.2. The molecular formula is C25H32ClN3O. The summed E-state index contributed by atoms with van der Waals surface area (Å²) >= 11 is 6.20. The molecular weight excluding hydrogens is 394 g/mol. The third-order valence-electron chi connectivity index (χ3n) is 6.63. The Morgan fingerprint density at radius 2 is 1.83 bits per heavy atom. The van der Waals surface area contributed by atoms with Gasteiger partial charge in [-0.1, -0.05) is 42.8 Å². The van der Waals surface area contributed by atoms with Gasteiger partial charge in [0.05, 0.1) is 0 Å². The van der Waals surface area contributed by atoms with E-state index in [9.17, 15) is 4.79 Å². The smallest absolute Gasteiger partial charge is 0.254 e. The number of likely N-dealkylation sites (tertiary alicyclic amines) is 2. The van der Waals surface area contributed by atoms with Crippen molar-refractivity contribution in [2.75, 3.05) is 44.6 Å². The Bertz CT molecular complexity index is 886. The van der Waals surface area contributed by atoms with Crippen LogP contribution in [-0.2, 0) is 6.42 Å². The van der Waals surface area contributed by atoms with Gasteiger partial charge in [0.25, 0.3) is 5.91 Å². The van der Waals surface area contributed by atoms with Crippen molar-refractivity contribution in [3.8, 4) is 0 Å². The molecule has 2 aliphatic rings. The van der Waals surface area contributed by atoms with E-state index in [2.05, 4.69) is 40.2 Å². The second kappa shape index (κ2) is 9.40. The van der Waals surface area contributed by atoms with Gasteiger partial charge in [0.1, 0.15) is 0 Å². The monoisotopic (exact) mass is 425 g/mol. The molecule has 0 aromatic heterocycles. The largest absolute Gasteiger partial charge is 0.385 e. The van der Waals surface area contributed by atoms with Gasteiger partial charge in [-0.3, -0.25) is 4.79 Å². The van der Waals surface area contributed by atoms with Gasteiger partial charge in [0.2, 0.25) is 0 Å². The summed E-state index contributed by atoms with van der Waals surface area (Å²) in [6, 6.07) is 14.2. The van der Waals surface area contributed by atoms with Crippen molar-refractivity contribution >= 4 is 23.2 Å². The number of halogens is 1. The molecule has 0 aliphatic carbocycles. The van der Waals surface area contributed by atoms with Crippen molar-refractivity contribution in [2.24, 2.45) is 11.8 Å². The van der Waals surface area contributed by atoms with Crippen LogP contribution in [0.4, 0.5) is 5.69 Å². The van der Waals surface area contributed by atoms with Gasteiger partial charge in [-0.2, -0.15) is 0 Å². The lowest BCUT2D eigenvalue weighted by Crippen LogP contribution is -2.34. The van der Waals surface area contributed by atoms with Crippen molar-refractivity contribution in [3.05, 3.63) is 64.2 Å². The summed E-state index contributed by atoms with van der Waals surface area (Å²) in [5.74, 6) is 1.45. The maximum absolute atomic E-state index is 13.0. The SMILES string of the molecule is CCc1ccccc1C(=O)N1CC2CN(CCCNc3ccc(C)c(Cl)c3)CC2C1. The topological polar surface area (TPSA) is 35.6 Å². The van der Waals surface area contributed by atoms with E-state index in [1.807, 2.05) is 31.2 Å². The second-order valence-electron chi connectivity index (χ2n) is 8.74. The highest BCUT2D eigenvalue weighted by molar-refractivity contribution is 6.31. The van der Waals surface area contributed by atoms with Crippen LogP contribution in [0.25, 0.3) is 0 Å². The van der Waals surface area contributed by atoms with Gasteiger partial charge in [-0.25, -0.2) is 0 Å². The Hall–Kier alpha value is -2.04. The summed E-state index contributed by atoms with van der Waals surface area (Å²) in [5.41, 5.74) is 4.24. The quantitative estimate of drug-likeness (QED) is 0.652. The number of rotatable bonds is 7. The average Bonchev–Trinajstić information content (AvgIpc) is 3.32. The second-order valence-corrected chi connectivity index (χ2v) is 9.15. The number of nitrogens with zero attached hydrogens (tertiary/aromatic N) is 2. The number of benzene rings is 2. The first kappa shape index (κ1) is 21.2. The molecule has 0 spiro atoms. The van der Waals surface area contributed by atoms with Crippen LogP contribution in [-0.4, -0.2) is 55.0 Å². The zero-order chi connectivity index (χ0) is 21.1. The van der Waals surface area contributed by atoms with Gasteiger partial charge in [0, 0.05) is 49.0 Å². The van der Waals surface area contributed by atoms with Crippen molar-refractivity contribution in [1.82, 2.24) is 9.80 Å². The molecule has 2 unspecified atom stereocenters. The highest BCUT2D eigenvalue weighted by Crippen LogP contribution is 2.32. The maximum Gasteiger partial charge on any atom is 0.254 e. The number of carbonyl (C=O) groups is 1. The van der Waals surface area contributed by atoms with E-state index < -0.39 is 0 Å². The molecule has 2 aromatic carbocycles.